The predicted octanol–water partition coefficient (Wildman–Crippen LogP) is 5.22. The number of carboxylic acids is 1. The molecule has 0 saturated heterocycles. The van der Waals surface area contributed by atoms with Crippen LogP contribution < -0.4 is 5.32 Å². The Morgan fingerprint density at radius 1 is 0.767 bits per heavy atom. The van der Waals surface area contributed by atoms with Gasteiger partial charge >= 0.3 is 5.97 Å². The van der Waals surface area contributed by atoms with E-state index in [0.29, 0.717) is 13.0 Å². The third-order valence-corrected chi connectivity index (χ3v) is 4.94. The fourth-order valence-electron chi connectivity index (χ4n) is 3.18. The van der Waals surface area contributed by atoms with E-state index in [4.69, 9.17) is 5.11 Å². The number of hydrogen-bond acceptors (Lipinski definition) is 2. The molecule has 0 aliphatic rings. The van der Waals surface area contributed by atoms with Crippen LogP contribution in [0.4, 0.5) is 4.39 Å². The number of halogens is 1. The van der Waals surface area contributed by atoms with Gasteiger partial charge in [0.05, 0.1) is 5.56 Å². The summed E-state index contributed by atoms with van der Waals surface area (Å²) in [6.07, 6.45) is 2.97. The van der Waals surface area contributed by atoms with E-state index in [1.807, 2.05) is 24.3 Å². The first kappa shape index (κ1) is 21.2. The van der Waals surface area contributed by atoms with E-state index in [1.165, 1.54) is 12.1 Å². The van der Waals surface area contributed by atoms with E-state index in [9.17, 15) is 14.0 Å². The fraction of sp³-hybridized carbons (Fsp3) is 0.200. The van der Waals surface area contributed by atoms with E-state index in [2.05, 4.69) is 5.32 Å². The van der Waals surface area contributed by atoms with Crippen LogP contribution in [0.25, 0.3) is 11.1 Å². The number of hydrogen-bond donors (Lipinski definition) is 2. The quantitative estimate of drug-likeness (QED) is 0.480. The van der Waals surface area contributed by atoms with Gasteiger partial charge in [-0.25, -0.2) is 9.18 Å². The fourth-order valence-corrected chi connectivity index (χ4v) is 3.18. The molecule has 3 rings (SSSR count). The van der Waals surface area contributed by atoms with Crippen molar-refractivity contribution in [3.05, 3.63) is 95.3 Å². The molecular weight excluding hydrogens is 381 g/mol. The van der Waals surface area contributed by atoms with Crippen LogP contribution in [0.2, 0.25) is 0 Å². The Morgan fingerprint density at radius 3 is 1.93 bits per heavy atom. The average Bonchev–Trinajstić information content (AvgIpc) is 2.77. The number of carboxylic acid groups (broad SMARTS) is 1. The summed E-state index contributed by atoms with van der Waals surface area (Å²) in [7, 11) is 0. The van der Waals surface area contributed by atoms with Gasteiger partial charge in [0.15, 0.2) is 0 Å². The molecule has 0 unspecified atom stereocenters. The van der Waals surface area contributed by atoms with Crippen LogP contribution in [0.1, 0.15) is 40.7 Å². The van der Waals surface area contributed by atoms with E-state index in [-0.39, 0.29) is 17.3 Å². The van der Waals surface area contributed by atoms with Crippen LogP contribution >= 0.6 is 0 Å². The van der Waals surface area contributed by atoms with Crippen LogP contribution in [0.3, 0.4) is 0 Å². The molecular formula is C25H24FNO3. The van der Waals surface area contributed by atoms with E-state index in [0.717, 1.165) is 41.5 Å². The van der Waals surface area contributed by atoms with Crippen molar-refractivity contribution in [1.82, 2.24) is 5.32 Å². The Bertz CT molecular complexity index is 980. The number of amides is 1. The summed E-state index contributed by atoms with van der Waals surface area (Å²) in [5.41, 5.74) is 4.27. The molecule has 0 saturated carbocycles. The maximum atomic E-state index is 12.9. The number of carbonyl (C=O) groups is 2. The molecule has 0 fully saturated rings. The highest BCUT2D eigenvalue weighted by Gasteiger charge is 2.05. The highest BCUT2D eigenvalue weighted by atomic mass is 19.1. The zero-order valence-electron chi connectivity index (χ0n) is 16.6. The van der Waals surface area contributed by atoms with Gasteiger partial charge in [-0.05, 0) is 65.8 Å². The number of rotatable bonds is 9. The van der Waals surface area contributed by atoms with Crippen molar-refractivity contribution in [2.75, 3.05) is 0 Å². The maximum absolute atomic E-state index is 12.9. The molecule has 0 heterocycles. The van der Waals surface area contributed by atoms with Gasteiger partial charge in [0.25, 0.3) is 0 Å². The van der Waals surface area contributed by atoms with Crippen LogP contribution in [-0.4, -0.2) is 17.0 Å². The van der Waals surface area contributed by atoms with Gasteiger partial charge < -0.3 is 10.4 Å². The van der Waals surface area contributed by atoms with E-state index >= 15 is 0 Å². The lowest BCUT2D eigenvalue weighted by atomic mass is 10.0. The predicted molar refractivity (Wildman–Crippen MR) is 115 cm³/mol. The molecule has 5 heteroatoms. The van der Waals surface area contributed by atoms with Crippen molar-refractivity contribution >= 4 is 11.9 Å². The molecule has 0 atom stereocenters. The van der Waals surface area contributed by atoms with Crippen molar-refractivity contribution in [3.8, 4) is 11.1 Å². The van der Waals surface area contributed by atoms with Crippen molar-refractivity contribution in [3.63, 3.8) is 0 Å². The summed E-state index contributed by atoms with van der Waals surface area (Å²) < 4.78 is 12.9. The lowest BCUT2D eigenvalue weighted by molar-refractivity contribution is -0.121. The van der Waals surface area contributed by atoms with Crippen molar-refractivity contribution in [1.29, 1.82) is 0 Å². The highest BCUT2D eigenvalue weighted by Crippen LogP contribution is 2.20. The van der Waals surface area contributed by atoms with Gasteiger partial charge in [-0.2, -0.15) is 0 Å². The summed E-state index contributed by atoms with van der Waals surface area (Å²) in [4.78, 5) is 23.0. The van der Waals surface area contributed by atoms with Gasteiger partial charge in [-0.15, -0.1) is 0 Å². The SMILES string of the molecule is O=C(CCCCc1ccc(F)cc1)NCc1ccc(-c2ccc(C(=O)O)cc2)cc1. The topological polar surface area (TPSA) is 66.4 Å². The third-order valence-electron chi connectivity index (χ3n) is 4.94. The van der Waals surface area contributed by atoms with Gasteiger partial charge in [-0.3, -0.25) is 4.79 Å². The summed E-state index contributed by atoms with van der Waals surface area (Å²) in [6.45, 7) is 0.467. The number of unbranched alkanes of at least 4 members (excludes halogenated alkanes) is 1. The van der Waals surface area contributed by atoms with Gasteiger partial charge in [0.2, 0.25) is 5.91 Å². The number of carbonyl (C=O) groups excluding carboxylic acids is 1. The van der Waals surface area contributed by atoms with Gasteiger partial charge in [0, 0.05) is 13.0 Å². The summed E-state index contributed by atoms with van der Waals surface area (Å²) in [5, 5.41) is 11.9. The molecule has 1 amide bonds. The average molecular weight is 405 g/mol. The molecule has 30 heavy (non-hydrogen) atoms. The van der Waals surface area contributed by atoms with E-state index < -0.39 is 5.97 Å². The van der Waals surface area contributed by atoms with Crippen LogP contribution in [0, 0.1) is 5.82 Å². The Kier molecular flexibility index (Phi) is 7.33. The lowest BCUT2D eigenvalue weighted by Crippen LogP contribution is -2.22. The minimum absolute atomic E-state index is 0.0162. The molecule has 0 aliphatic carbocycles. The zero-order valence-corrected chi connectivity index (χ0v) is 16.6. The van der Waals surface area contributed by atoms with Crippen LogP contribution in [0.5, 0.6) is 0 Å². The standard InChI is InChI=1S/C25H24FNO3/c26-23-15-7-18(8-16-23)3-1-2-4-24(28)27-17-19-5-9-20(10-6-19)21-11-13-22(14-12-21)25(29)30/h5-16H,1-4,17H2,(H,27,28)(H,29,30). The summed E-state index contributed by atoms with van der Waals surface area (Å²) in [5.74, 6) is -1.16. The normalized spacial score (nSPS) is 10.6. The zero-order chi connectivity index (χ0) is 21.3. The molecule has 154 valence electrons. The maximum Gasteiger partial charge on any atom is 0.335 e. The minimum atomic E-state index is -0.942. The Morgan fingerprint density at radius 2 is 1.33 bits per heavy atom. The molecule has 3 aromatic rings. The lowest BCUT2D eigenvalue weighted by Gasteiger charge is -2.07. The molecule has 3 aromatic carbocycles. The molecule has 0 aliphatic heterocycles. The molecule has 0 spiro atoms. The second kappa shape index (κ2) is 10.3. The molecule has 2 N–H and O–H groups in total. The number of aryl methyl sites for hydroxylation is 1. The van der Waals surface area contributed by atoms with Crippen molar-refractivity contribution < 1.29 is 19.1 Å². The molecule has 0 aromatic heterocycles. The largest absolute Gasteiger partial charge is 0.478 e. The first-order valence-corrected chi connectivity index (χ1v) is 9.95. The van der Waals surface area contributed by atoms with Crippen LogP contribution in [0.15, 0.2) is 72.8 Å². The second-order valence-electron chi connectivity index (χ2n) is 7.19. The number of benzene rings is 3. The summed E-state index contributed by atoms with van der Waals surface area (Å²) >= 11 is 0. The van der Waals surface area contributed by atoms with Crippen LogP contribution in [-0.2, 0) is 17.8 Å². The van der Waals surface area contributed by atoms with Crippen molar-refractivity contribution in [2.45, 2.75) is 32.2 Å². The van der Waals surface area contributed by atoms with Crippen molar-refractivity contribution in [2.24, 2.45) is 0 Å². The Hall–Kier alpha value is -3.47. The van der Waals surface area contributed by atoms with Gasteiger partial charge in [-0.1, -0.05) is 48.5 Å². The van der Waals surface area contributed by atoms with Gasteiger partial charge in [0.1, 0.15) is 5.82 Å². The first-order chi connectivity index (χ1) is 14.5. The number of aromatic carboxylic acids is 1. The first-order valence-electron chi connectivity index (χ1n) is 9.95. The minimum Gasteiger partial charge on any atom is -0.478 e. The summed E-state index contributed by atoms with van der Waals surface area (Å²) in [6, 6.07) is 21.0. The second-order valence-corrected chi connectivity index (χ2v) is 7.19. The third kappa shape index (κ3) is 6.27. The molecule has 4 nitrogen and oxygen atoms in total. The Balaban J connectivity index is 1.40. The Labute approximate surface area is 175 Å². The molecule has 0 radical (unpaired) electrons. The number of nitrogens with one attached hydrogen (secondary N) is 1. The monoisotopic (exact) mass is 405 g/mol. The molecule has 0 bridgehead atoms. The smallest absolute Gasteiger partial charge is 0.335 e. The highest BCUT2D eigenvalue weighted by molar-refractivity contribution is 5.88. The van der Waals surface area contributed by atoms with E-state index in [1.54, 1.807) is 36.4 Å².